The molecular weight excluding hydrogens is 533 g/mol. The summed E-state index contributed by atoms with van der Waals surface area (Å²) >= 11 is 0.778. The first kappa shape index (κ1) is 28.1. The molecule has 4 heterocycles. The number of halogens is 5. The molecule has 4 rings (SSSR count). The number of anilines is 1. The lowest BCUT2D eigenvalue weighted by atomic mass is 10.1. The van der Waals surface area contributed by atoms with Gasteiger partial charge in [-0.2, -0.15) is 13.2 Å². The van der Waals surface area contributed by atoms with E-state index in [1.165, 1.54) is 0 Å². The molecule has 2 saturated heterocycles. The molecule has 2 fully saturated rings. The predicted molar refractivity (Wildman–Crippen MR) is 130 cm³/mol. The van der Waals surface area contributed by atoms with E-state index in [9.17, 15) is 31.5 Å². The molecule has 0 radical (unpaired) electrons. The summed E-state index contributed by atoms with van der Waals surface area (Å²) < 4.78 is 72.5. The Bertz CT molecular complexity index is 1170. The van der Waals surface area contributed by atoms with Crippen LogP contribution in [0.1, 0.15) is 71.8 Å². The highest BCUT2D eigenvalue weighted by molar-refractivity contribution is 7.17. The maximum Gasteiger partial charge on any atom is 0.408 e. The number of likely N-dealkylation sites (tertiary alicyclic amines) is 1. The second kappa shape index (κ2) is 11.5. The molecule has 2 aliphatic heterocycles. The molecular formula is C24H28F5N5O3S. The molecule has 2 atom stereocenters. The minimum Gasteiger partial charge on any atom is -0.381 e. The highest BCUT2D eigenvalue weighted by Crippen LogP contribution is 2.39. The van der Waals surface area contributed by atoms with Gasteiger partial charge in [-0.1, -0.05) is 0 Å². The summed E-state index contributed by atoms with van der Waals surface area (Å²) in [6.07, 6.45) is -3.97. The lowest BCUT2D eigenvalue weighted by Gasteiger charge is -2.22. The SMILES string of the molecule is CC1CCCN1C(=O)c1nc(C(=O)NC2CCOCC2)sc1-c1cnc(NC(C)C(F)(F)F)cc1C(F)F. The largest absolute Gasteiger partial charge is 0.408 e. The zero-order valence-electron chi connectivity index (χ0n) is 20.8. The van der Waals surface area contributed by atoms with E-state index in [-0.39, 0.29) is 33.2 Å². The second-order valence-corrected chi connectivity index (χ2v) is 10.4. The number of carbonyl (C=O) groups is 2. The number of thiazole rings is 1. The van der Waals surface area contributed by atoms with Crippen molar-refractivity contribution in [2.75, 3.05) is 25.1 Å². The van der Waals surface area contributed by atoms with Crippen molar-refractivity contribution in [1.82, 2.24) is 20.2 Å². The van der Waals surface area contributed by atoms with Gasteiger partial charge in [0.2, 0.25) is 0 Å². The number of alkyl halides is 5. The van der Waals surface area contributed by atoms with Gasteiger partial charge in [-0.3, -0.25) is 9.59 Å². The topological polar surface area (TPSA) is 96.5 Å². The smallest absolute Gasteiger partial charge is 0.381 e. The summed E-state index contributed by atoms with van der Waals surface area (Å²) in [4.78, 5) is 36.2. The van der Waals surface area contributed by atoms with Crippen molar-refractivity contribution in [1.29, 1.82) is 0 Å². The van der Waals surface area contributed by atoms with Gasteiger partial charge < -0.3 is 20.3 Å². The number of rotatable bonds is 7. The van der Waals surface area contributed by atoms with Gasteiger partial charge in [0.15, 0.2) is 5.01 Å². The van der Waals surface area contributed by atoms with Gasteiger partial charge in [-0.05, 0) is 45.6 Å². The van der Waals surface area contributed by atoms with Crippen LogP contribution in [-0.4, -0.2) is 70.7 Å². The molecule has 208 valence electrons. The van der Waals surface area contributed by atoms with Crippen LogP contribution >= 0.6 is 11.3 Å². The number of nitrogens with one attached hydrogen (secondary N) is 2. The maximum absolute atomic E-state index is 14.2. The molecule has 0 bridgehead atoms. The van der Waals surface area contributed by atoms with Crippen LogP contribution in [0, 0.1) is 0 Å². The van der Waals surface area contributed by atoms with Crippen LogP contribution in [0.4, 0.5) is 27.8 Å². The van der Waals surface area contributed by atoms with E-state index in [4.69, 9.17) is 4.74 Å². The van der Waals surface area contributed by atoms with Crippen molar-refractivity contribution in [3.8, 4) is 10.4 Å². The van der Waals surface area contributed by atoms with Gasteiger partial charge in [0, 0.05) is 49.2 Å². The standard InChI is InChI=1S/C24H28F5N5O3S/c1-12-4-3-7-34(12)23(36)18-19(38-22(33-18)21(35)32-14-5-8-37-9-6-14)16-11-30-17(10-15(16)20(25)26)31-13(2)24(27,28)29/h10-14,20H,3-9H2,1-2H3,(H,30,31)(H,32,35). The number of amides is 2. The van der Waals surface area contributed by atoms with Crippen LogP contribution in [-0.2, 0) is 4.74 Å². The fourth-order valence-corrected chi connectivity index (χ4v) is 5.42. The Balaban J connectivity index is 1.73. The van der Waals surface area contributed by atoms with Gasteiger partial charge in [0.05, 0.1) is 4.88 Å². The summed E-state index contributed by atoms with van der Waals surface area (Å²) in [5, 5.41) is 4.86. The fraction of sp³-hybridized carbons (Fsp3) is 0.583. The van der Waals surface area contributed by atoms with E-state index in [1.807, 2.05) is 6.92 Å². The molecule has 38 heavy (non-hydrogen) atoms. The van der Waals surface area contributed by atoms with Crippen molar-refractivity contribution in [2.24, 2.45) is 0 Å². The zero-order chi connectivity index (χ0) is 27.6. The number of pyridine rings is 1. The van der Waals surface area contributed by atoms with Gasteiger partial charge in [0.1, 0.15) is 17.6 Å². The Kier molecular flexibility index (Phi) is 8.50. The molecule has 2 N–H and O–H groups in total. The number of ether oxygens (including phenoxy) is 1. The quantitative estimate of drug-likeness (QED) is 0.460. The Hall–Kier alpha value is -2.87. The van der Waals surface area contributed by atoms with Crippen molar-refractivity contribution in [3.05, 3.63) is 28.5 Å². The van der Waals surface area contributed by atoms with E-state index in [0.717, 1.165) is 43.4 Å². The Morgan fingerprint density at radius 3 is 2.53 bits per heavy atom. The molecule has 0 aliphatic carbocycles. The third kappa shape index (κ3) is 6.22. The maximum atomic E-state index is 14.2. The molecule has 2 aliphatic rings. The molecule has 2 unspecified atom stereocenters. The van der Waals surface area contributed by atoms with Crippen molar-refractivity contribution in [2.45, 2.75) is 70.3 Å². The molecule has 0 saturated carbocycles. The molecule has 2 aromatic heterocycles. The molecule has 2 aromatic rings. The predicted octanol–water partition coefficient (Wildman–Crippen LogP) is 5.04. The van der Waals surface area contributed by atoms with Gasteiger partial charge in [-0.15, -0.1) is 11.3 Å². The summed E-state index contributed by atoms with van der Waals surface area (Å²) in [5.41, 5.74) is -0.947. The van der Waals surface area contributed by atoms with E-state index in [0.29, 0.717) is 32.6 Å². The number of nitrogens with zero attached hydrogens (tertiary/aromatic N) is 3. The van der Waals surface area contributed by atoms with Crippen LogP contribution in [0.5, 0.6) is 0 Å². The number of hydrogen-bond acceptors (Lipinski definition) is 7. The van der Waals surface area contributed by atoms with Crippen molar-refractivity contribution >= 4 is 29.0 Å². The minimum atomic E-state index is -4.61. The first-order valence-corrected chi connectivity index (χ1v) is 13.1. The average Bonchev–Trinajstić information content (AvgIpc) is 3.50. The first-order chi connectivity index (χ1) is 18.0. The monoisotopic (exact) mass is 561 g/mol. The Labute approximate surface area is 220 Å². The number of carbonyl (C=O) groups excluding carboxylic acids is 2. The first-order valence-electron chi connectivity index (χ1n) is 12.3. The average molecular weight is 562 g/mol. The molecule has 8 nitrogen and oxygen atoms in total. The summed E-state index contributed by atoms with van der Waals surface area (Å²) in [6.45, 7) is 4.14. The van der Waals surface area contributed by atoms with E-state index < -0.39 is 41.8 Å². The Morgan fingerprint density at radius 1 is 1.21 bits per heavy atom. The molecule has 14 heteroatoms. The van der Waals surface area contributed by atoms with Crippen LogP contribution in [0.25, 0.3) is 10.4 Å². The van der Waals surface area contributed by atoms with Crippen LogP contribution < -0.4 is 10.6 Å². The van der Waals surface area contributed by atoms with E-state index in [1.54, 1.807) is 4.90 Å². The molecule has 0 spiro atoms. The van der Waals surface area contributed by atoms with Crippen LogP contribution in [0.2, 0.25) is 0 Å². The van der Waals surface area contributed by atoms with Gasteiger partial charge in [-0.25, -0.2) is 18.7 Å². The van der Waals surface area contributed by atoms with Crippen molar-refractivity contribution in [3.63, 3.8) is 0 Å². The molecule has 0 aromatic carbocycles. The highest BCUT2D eigenvalue weighted by Gasteiger charge is 2.37. The summed E-state index contributed by atoms with van der Waals surface area (Å²) in [7, 11) is 0. The third-order valence-electron chi connectivity index (χ3n) is 6.67. The van der Waals surface area contributed by atoms with Crippen molar-refractivity contribution < 1.29 is 36.3 Å². The number of hydrogen-bond donors (Lipinski definition) is 2. The second-order valence-electron chi connectivity index (χ2n) is 9.41. The van der Waals surface area contributed by atoms with Crippen LogP contribution in [0.15, 0.2) is 12.3 Å². The summed E-state index contributed by atoms with van der Waals surface area (Å²) in [5.74, 6) is -1.43. The zero-order valence-corrected chi connectivity index (χ0v) is 21.6. The van der Waals surface area contributed by atoms with Crippen LogP contribution in [0.3, 0.4) is 0 Å². The van der Waals surface area contributed by atoms with Gasteiger partial charge >= 0.3 is 6.18 Å². The lowest BCUT2D eigenvalue weighted by molar-refractivity contribution is -0.138. The van der Waals surface area contributed by atoms with E-state index >= 15 is 0 Å². The lowest BCUT2D eigenvalue weighted by Crippen LogP contribution is -2.39. The highest BCUT2D eigenvalue weighted by atomic mass is 32.1. The Morgan fingerprint density at radius 2 is 1.92 bits per heavy atom. The minimum absolute atomic E-state index is 0.0180. The van der Waals surface area contributed by atoms with E-state index in [2.05, 4.69) is 20.6 Å². The fourth-order valence-electron chi connectivity index (χ4n) is 4.43. The van der Waals surface area contributed by atoms with Gasteiger partial charge in [0.25, 0.3) is 18.2 Å². The third-order valence-corrected chi connectivity index (χ3v) is 7.75. The number of aromatic nitrogens is 2. The molecule has 2 amide bonds. The summed E-state index contributed by atoms with van der Waals surface area (Å²) in [6, 6.07) is -1.44. The normalized spacial score (nSPS) is 19.6.